The van der Waals surface area contributed by atoms with E-state index in [9.17, 15) is 9.59 Å². The number of amides is 1. The largest absolute Gasteiger partial charge is 0.464 e. The van der Waals surface area contributed by atoms with E-state index in [-0.39, 0.29) is 11.9 Å². The predicted molar refractivity (Wildman–Crippen MR) is 75.2 cm³/mol. The Labute approximate surface area is 113 Å². The molecule has 0 aliphatic heterocycles. The average Bonchev–Trinajstić information content (AvgIpc) is 2.38. The van der Waals surface area contributed by atoms with Crippen molar-refractivity contribution in [1.29, 1.82) is 0 Å². The summed E-state index contributed by atoms with van der Waals surface area (Å²) in [7, 11) is 1.71. The summed E-state index contributed by atoms with van der Waals surface area (Å²) in [4.78, 5) is 24.2. The Morgan fingerprint density at radius 3 is 2.37 bits per heavy atom. The molecule has 5 heteroatoms. The monoisotopic (exact) mass is 264 g/mol. The average molecular weight is 264 g/mol. The SMILES string of the molecule is CCOC(=O)[C@H](C)Nc1ccc(N(C)C(C)=O)cc1. The Balaban J connectivity index is 2.67. The van der Waals surface area contributed by atoms with Crippen LogP contribution in [0.3, 0.4) is 0 Å². The third-order valence-electron chi connectivity index (χ3n) is 2.75. The quantitative estimate of drug-likeness (QED) is 0.827. The number of anilines is 2. The third-order valence-corrected chi connectivity index (χ3v) is 2.75. The van der Waals surface area contributed by atoms with Gasteiger partial charge in [-0.05, 0) is 38.1 Å². The molecular formula is C14H20N2O3. The van der Waals surface area contributed by atoms with E-state index < -0.39 is 6.04 Å². The molecule has 104 valence electrons. The fraction of sp³-hybridized carbons (Fsp3) is 0.429. The highest BCUT2D eigenvalue weighted by Crippen LogP contribution is 2.17. The number of nitrogens with zero attached hydrogens (tertiary/aromatic N) is 1. The molecule has 1 atom stereocenters. The molecule has 0 spiro atoms. The molecule has 0 aliphatic rings. The number of esters is 1. The van der Waals surface area contributed by atoms with Gasteiger partial charge in [0.05, 0.1) is 6.61 Å². The van der Waals surface area contributed by atoms with Crippen LogP contribution in [0.25, 0.3) is 0 Å². The maximum absolute atomic E-state index is 11.5. The summed E-state index contributed by atoms with van der Waals surface area (Å²) in [6.45, 7) is 5.40. The summed E-state index contributed by atoms with van der Waals surface area (Å²) in [6, 6.07) is 6.88. The summed E-state index contributed by atoms with van der Waals surface area (Å²) in [5.74, 6) is -0.312. The highest BCUT2D eigenvalue weighted by Gasteiger charge is 2.13. The van der Waals surface area contributed by atoms with Gasteiger partial charge in [0.15, 0.2) is 0 Å². The lowest BCUT2D eigenvalue weighted by Crippen LogP contribution is -2.28. The molecule has 5 nitrogen and oxygen atoms in total. The van der Waals surface area contributed by atoms with E-state index in [1.807, 2.05) is 24.3 Å². The van der Waals surface area contributed by atoms with Crippen LogP contribution in [-0.4, -0.2) is 31.6 Å². The summed E-state index contributed by atoms with van der Waals surface area (Å²) in [6.07, 6.45) is 0. The van der Waals surface area contributed by atoms with E-state index >= 15 is 0 Å². The van der Waals surface area contributed by atoms with E-state index in [4.69, 9.17) is 4.74 Å². The van der Waals surface area contributed by atoms with Gasteiger partial charge in [-0.3, -0.25) is 4.79 Å². The fourth-order valence-corrected chi connectivity index (χ4v) is 1.54. The van der Waals surface area contributed by atoms with E-state index in [0.29, 0.717) is 6.61 Å². The Hall–Kier alpha value is -2.04. The summed E-state index contributed by atoms with van der Waals surface area (Å²) in [5.41, 5.74) is 1.61. The van der Waals surface area contributed by atoms with Crippen molar-refractivity contribution < 1.29 is 14.3 Å². The molecule has 1 rings (SSSR count). The van der Waals surface area contributed by atoms with Crippen molar-refractivity contribution in [1.82, 2.24) is 0 Å². The molecule has 0 radical (unpaired) electrons. The van der Waals surface area contributed by atoms with E-state index in [2.05, 4.69) is 5.32 Å². The molecule has 0 saturated carbocycles. The van der Waals surface area contributed by atoms with Crippen LogP contribution >= 0.6 is 0 Å². The van der Waals surface area contributed by atoms with E-state index in [1.165, 1.54) is 6.92 Å². The normalized spacial score (nSPS) is 11.6. The van der Waals surface area contributed by atoms with Crippen molar-refractivity contribution in [3.8, 4) is 0 Å². The number of carbonyl (C=O) groups is 2. The van der Waals surface area contributed by atoms with E-state index in [1.54, 1.807) is 25.8 Å². The number of hydrogen-bond acceptors (Lipinski definition) is 4. The molecule has 0 fully saturated rings. The van der Waals surface area contributed by atoms with Gasteiger partial charge >= 0.3 is 5.97 Å². The van der Waals surface area contributed by atoms with Gasteiger partial charge < -0.3 is 15.0 Å². The Morgan fingerprint density at radius 1 is 1.32 bits per heavy atom. The van der Waals surface area contributed by atoms with Gasteiger partial charge in [-0.1, -0.05) is 0 Å². The van der Waals surface area contributed by atoms with Gasteiger partial charge in [0.25, 0.3) is 0 Å². The molecule has 0 aromatic heterocycles. The molecule has 0 unspecified atom stereocenters. The van der Waals surface area contributed by atoms with Gasteiger partial charge in [0.1, 0.15) is 6.04 Å². The summed E-state index contributed by atoms with van der Waals surface area (Å²) in [5, 5.41) is 3.04. The van der Waals surface area contributed by atoms with Crippen molar-refractivity contribution in [3.05, 3.63) is 24.3 Å². The van der Waals surface area contributed by atoms with E-state index in [0.717, 1.165) is 11.4 Å². The Morgan fingerprint density at radius 2 is 1.89 bits per heavy atom. The second kappa shape index (κ2) is 6.78. The van der Waals surface area contributed by atoms with Crippen molar-refractivity contribution >= 4 is 23.3 Å². The molecule has 0 heterocycles. The lowest BCUT2D eigenvalue weighted by atomic mass is 10.2. The smallest absolute Gasteiger partial charge is 0.328 e. The van der Waals surface area contributed by atoms with Crippen LogP contribution in [0.15, 0.2) is 24.3 Å². The molecule has 1 N–H and O–H groups in total. The maximum atomic E-state index is 11.5. The molecule has 1 aromatic rings. The van der Waals surface area contributed by atoms with Crippen LogP contribution in [0.4, 0.5) is 11.4 Å². The highest BCUT2D eigenvalue weighted by molar-refractivity contribution is 5.91. The minimum atomic E-state index is -0.406. The van der Waals surface area contributed by atoms with Crippen LogP contribution in [0.2, 0.25) is 0 Å². The van der Waals surface area contributed by atoms with Gasteiger partial charge in [0, 0.05) is 25.3 Å². The zero-order valence-corrected chi connectivity index (χ0v) is 11.8. The standard InChI is InChI=1S/C14H20N2O3/c1-5-19-14(18)10(2)15-12-6-8-13(9-7-12)16(4)11(3)17/h6-10,15H,5H2,1-4H3/t10-/m0/s1. The molecule has 0 aliphatic carbocycles. The summed E-state index contributed by atoms with van der Waals surface area (Å²) < 4.78 is 4.91. The van der Waals surface area contributed by atoms with Crippen molar-refractivity contribution in [2.24, 2.45) is 0 Å². The topological polar surface area (TPSA) is 58.6 Å². The second-order valence-electron chi connectivity index (χ2n) is 4.24. The second-order valence-corrected chi connectivity index (χ2v) is 4.24. The highest BCUT2D eigenvalue weighted by atomic mass is 16.5. The number of ether oxygens (including phenoxy) is 1. The first-order valence-corrected chi connectivity index (χ1v) is 6.23. The number of hydrogen-bond donors (Lipinski definition) is 1. The number of nitrogens with one attached hydrogen (secondary N) is 1. The third kappa shape index (κ3) is 4.28. The first kappa shape index (κ1) is 15.0. The number of rotatable bonds is 5. The lowest BCUT2D eigenvalue weighted by molar-refractivity contribution is -0.143. The van der Waals surface area contributed by atoms with Gasteiger partial charge in [-0.25, -0.2) is 4.79 Å². The molecular weight excluding hydrogens is 244 g/mol. The van der Waals surface area contributed by atoms with Crippen LogP contribution in [-0.2, 0) is 14.3 Å². The molecule has 1 aromatic carbocycles. The van der Waals surface area contributed by atoms with Crippen LogP contribution in [0, 0.1) is 0 Å². The van der Waals surface area contributed by atoms with Crippen molar-refractivity contribution in [2.75, 3.05) is 23.9 Å². The minimum absolute atomic E-state index is 0.0272. The predicted octanol–water partition coefficient (Wildman–Crippen LogP) is 2.03. The van der Waals surface area contributed by atoms with Gasteiger partial charge in [-0.15, -0.1) is 0 Å². The maximum Gasteiger partial charge on any atom is 0.328 e. The molecule has 1 amide bonds. The fourth-order valence-electron chi connectivity index (χ4n) is 1.54. The minimum Gasteiger partial charge on any atom is -0.464 e. The van der Waals surface area contributed by atoms with Crippen molar-refractivity contribution in [3.63, 3.8) is 0 Å². The Kier molecular flexibility index (Phi) is 5.36. The first-order chi connectivity index (χ1) is 8.95. The summed E-state index contributed by atoms with van der Waals surface area (Å²) >= 11 is 0. The number of benzene rings is 1. The zero-order valence-electron chi connectivity index (χ0n) is 11.8. The number of carbonyl (C=O) groups excluding carboxylic acids is 2. The molecule has 19 heavy (non-hydrogen) atoms. The lowest BCUT2D eigenvalue weighted by Gasteiger charge is -2.17. The first-order valence-electron chi connectivity index (χ1n) is 6.23. The van der Waals surface area contributed by atoms with Crippen LogP contribution < -0.4 is 10.2 Å². The van der Waals surface area contributed by atoms with Crippen LogP contribution in [0.5, 0.6) is 0 Å². The van der Waals surface area contributed by atoms with Gasteiger partial charge in [0.2, 0.25) is 5.91 Å². The zero-order chi connectivity index (χ0) is 14.4. The van der Waals surface area contributed by atoms with Gasteiger partial charge in [-0.2, -0.15) is 0 Å². The Bertz CT molecular complexity index is 443. The molecule has 0 bridgehead atoms. The molecule has 0 saturated heterocycles. The van der Waals surface area contributed by atoms with Crippen molar-refractivity contribution in [2.45, 2.75) is 26.8 Å². The van der Waals surface area contributed by atoms with Crippen LogP contribution in [0.1, 0.15) is 20.8 Å².